The second-order valence-electron chi connectivity index (χ2n) is 6.33. The van der Waals surface area contributed by atoms with Gasteiger partial charge < -0.3 is 10.6 Å². The van der Waals surface area contributed by atoms with Crippen LogP contribution in [0.3, 0.4) is 0 Å². The molecule has 11 heteroatoms. The van der Waals surface area contributed by atoms with Crippen LogP contribution >= 0.6 is 23.1 Å². The summed E-state index contributed by atoms with van der Waals surface area (Å²) < 4.78 is 12.9. The molecule has 1 aliphatic heterocycles. The minimum Gasteiger partial charge on any atom is -0.355 e. The Bertz CT molecular complexity index is 816. The van der Waals surface area contributed by atoms with E-state index < -0.39 is 5.91 Å². The first-order valence-corrected chi connectivity index (χ1v) is 10.7. The average Bonchev–Trinajstić information content (AvgIpc) is 3.31. The van der Waals surface area contributed by atoms with Crippen LogP contribution in [-0.2, 0) is 10.5 Å². The van der Waals surface area contributed by atoms with E-state index in [-0.39, 0.29) is 16.7 Å². The molecule has 28 heavy (non-hydrogen) atoms. The number of carbonyl (C=O) groups excluding carboxylic acids is 2. The number of nitrogens with one attached hydrogen (secondary N) is 4. The summed E-state index contributed by atoms with van der Waals surface area (Å²) >= 11 is 2.59. The number of nitrogens with zero attached hydrogens (tertiary/aromatic N) is 2. The number of benzene rings is 1. The summed E-state index contributed by atoms with van der Waals surface area (Å²) in [6.45, 7) is 3.54. The van der Waals surface area contributed by atoms with Crippen molar-refractivity contribution in [3.8, 4) is 0 Å². The summed E-state index contributed by atoms with van der Waals surface area (Å²) in [5, 5.41) is 14.3. The molecule has 1 aromatic heterocycles. The Kier molecular flexibility index (Phi) is 7.31. The quantitative estimate of drug-likeness (QED) is 0.507. The summed E-state index contributed by atoms with van der Waals surface area (Å²) in [7, 11) is 0. The number of carbonyl (C=O) groups is 2. The van der Waals surface area contributed by atoms with Crippen molar-refractivity contribution in [1.82, 2.24) is 26.4 Å². The van der Waals surface area contributed by atoms with E-state index in [1.807, 2.05) is 0 Å². The van der Waals surface area contributed by atoms with Crippen molar-refractivity contribution in [2.45, 2.75) is 18.7 Å². The van der Waals surface area contributed by atoms with Crippen molar-refractivity contribution in [3.63, 3.8) is 0 Å². The first-order chi connectivity index (χ1) is 13.5. The smallest absolute Gasteiger partial charge is 0.286 e. The van der Waals surface area contributed by atoms with Crippen LogP contribution in [0.25, 0.3) is 0 Å². The van der Waals surface area contributed by atoms with E-state index in [4.69, 9.17) is 0 Å². The van der Waals surface area contributed by atoms with Gasteiger partial charge in [0.15, 0.2) is 0 Å². The molecule has 2 atom stereocenters. The van der Waals surface area contributed by atoms with Crippen LogP contribution < -0.4 is 21.5 Å². The van der Waals surface area contributed by atoms with Gasteiger partial charge in [0, 0.05) is 36.5 Å². The van der Waals surface area contributed by atoms with Crippen LogP contribution in [0, 0.1) is 11.7 Å². The summed E-state index contributed by atoms with van der Waals surface area (Å²) in [6, 6.07) is 5.81. The molecule has 2 amide bonds. The molecule has 0 bridgehead atoms. The molecule has 0 radical (unpaired) electrons. The zero-order valence-electron chi connectivity index (χ0n) is 15.2. The van der Waals surface area contributed by atoms with Gasteiger partial charge in [0.25, 0.3) is 5.91 Å². The Morgan fingerprint density at radius 2 is 2.11 bits per heavy atom. The second kappa shape index (κ2) is 9.92. The minimum absolute atomic E-state index is 0.0251. The van der Waals surface area contributed by atoms with Gasteiger partial charge in [-0.3, -0.25) is 20.4 Å². The van der Waals surface area contributed by atoms with E-state index in [1.54, 1.807) is 0 Å². The normalized spacial score (nSPS) is 18.8. The second-order valence-corrected chi connectivity index (χ2v) is 8.38. The Labute approximate surface area is 170 Å². The maximum absolute atomic E-state index is 12.9. The molecule has 1 saturated heterocycles. The van der Waals surface area contributed by atoms with Gasteiger partial charge in [-0.05, 0) is 31.2 Å². The third-order valence-electron chi connectivity index (χ3n) is 4.18. The molecule has 8 nitrogen and oxygen atoms in total. The zero-order valence-corrected chi connectivity index (χ0v) is 16.8. The van der Waals surface area contributed by atoms with Crippen molar-refractivity contribution in [2.75, 3.05) is 24.2 Å². The number of anilines is 1. The molecule has 0 spiro atoms. The van der Waals surface area contributed by atoms with Gasteiger partial charge >= 0.3 is 0 Å². The van der Waals surface area contributed by atoms with Gasteiger partial charge in [-0.1, -0.05) is 11.3 Å². The van der Waals surface area contributed by atoms with Crippen molar-refractivity contribution in [1.29, 1.82) is 0 Å². The molecule has 0 aliphatic carbocycles. The highest BCUT2D eigenvalue weighted by Gasteiger charge is 2.22. The van der Waals surface area contributed by atoms with Gasteiger partial charge in [0.2, 0.25) is 10.9 Å². The maximum atomic E-state index is 12.9. The number of hydrogen-bond donors (Lipinski definition) is 4. The molecule has 2 aromatic rings. The summed E-state index contributed by atoms with van der Waals surface area (Å²) in [5.41, 5.74) is 6.67. The van der Waals surface area contributed by atoms with E-state index in [2.05, 4.69) is 38.6 Å². The predicted octanol–water partition coefficient (Wildman–Crippen LogP) is 1.39. The largest absolute Gasteiger partial charge is 0.355 e. The van der Waals surface area contributed by atoms with Gasteiger partial charge in [-0.25, -0.2) is 4.39 Å². The topological polar surface area (TPSA) is 108 Å². The Hall–Kier alpha value is -2.08. The lowest BCUT2D eigenvalue weighted by Gasteiger charge is -2.14. The van der Waals surface area contributed by atoms with E-state index >= 15 is 0 Å². The standard InChI is InChI=1S/C17H21FN6O2S2/c1-10-11(7-20-22-10)6-19-14(25)8-27-9-15-23-24-17(28-15)16(26)21-13-4-2-12(18)3-5-13/h2-5,10-11,20,22H,6-9H2,1H3,(H,19,25)(H,21,26). The summed E-state index contributed by atoms with van der Waals surface area (Å²) in [6.07, 6.45) is 0. The number of thioether (sulfide) groups is 1. The van der Waals surface area contributed by atoms with Gasteiger partial charge in [0.05, 0.1) is 5.75 Å². The average molecular weight is 425 g/mol. The first kappa shape index (κ1) is 20.6. The number of rotatable bonds is 8. The van der Waals surface area contributed by atoms with E-state index in [9.17, 15) is 14.0 Å². The number of amides is 2. The first-order valence-electron chi connectivity index (χ1n) is 8.73. The molecule has 3 rings (SSSR count). The van der Waals surface area contributed by atoms with Crippen LogP contribution in [0.2, 0.25) is 0 Å². The molecular formula is C17H21FN6O2S2. The zero-order chi connectivity index (χ0) is 19.9. The molecule has 2 unspecified atom stereocenters. The highest BCUT2D eigenvalue weighted by molar-refractivity contribution is 7.99. The van der Waals surface area contributed by atoms with Crippen LogP contribution in [-0.4, -0.2) is 46.9 Å². The predicted molar refractivity (Wildman–Crippen MR) is 108 cm³/mol. The maximum Gasteiger partial charge on any atom is 0.286 e. The lowest BCUT2D eigenvalue weighted by molar-refractivity contribution is -0.118. The summed E-state index contributed by atoms with van der Waals surface area (Å²) in [5.74, 6) is 0.396. The van der Waals surface area contributed by atoms with Crippen molar-refractivity contribution in [2.24, 2.45) is 5.92 Å². The molecule has 1 fully saturated rings. The van der Waals surface area contributed by atoms with E-state index in [0.29, 0.717) is 40.7 Å². The molecular weight excluding hydrogens is 403 g/mol. The molecule has 2 heterocycles. The minimum atomic E-state index is -0.397. The van der Waals surface area contributed by atoms with Gasteiger partial charge in [0.1, 0.15) is 10.8 Å². The highest BCUT2D eigenvalue weighted by Crippen LogP contribution is 2.18. The monoisotopic (exact) mass is 424 g/mol. The Balaban J connectivity index is 1.38. The Morgan fingerprint density at radius 1 is 1.32 bits per heavy atom. The third-order valence-corrected chi connectivity index (χ3v) is 6.23. The number of halogens is 1. The molecule has 0 saturated carbocycles. The van der Waals surface area contributed by atoms with Gasteiger partial charge in [-0.2, -0.15) is 0 Å². The Morgan fingerprint density at radius 3 is 2.82 bits per heavy atom. The molecule has 1 aliphatic rings. The SMILES string of the molecule is CC1NNCC1CNC(=O)CSCc1nnc(C(=O)Nc2ccc(F)cc2)s1. The number of hydrazine groups is 1. The van der Waals surface area contributed by atoms with Crippen molar-refractivity contribution in [3.05, 3.63) is 40.1 Å². The lowest BCUT2D eigenvalue weighted by Crippen LogP contribution is -2.36. The van der Waals surface area contributed by atoms with E-state index in [0.717, 1.165) is 6.54 Å². The molecule has 150 valence electrons. The van der Waals surface area contributed by atoms with Crippen LogP contribution in [0.4, 0.5) is 10.1 Å². The molecule has 4 N–H and O–H groups in total. The summed E-state index contributed by atoms with van der Waals surface area (Å²) in [4.78, 5) is 24.1. The van der Waals surface area contributed by atoms with Crippen LogP contribution in [0.1, 0.15) is 21.7 Å². The fourth-order valence-electron chi connectivity index (χ4n) is 2.54. The number of aromatic nitrogens is 2. The lowest BCUT2D eigenvalue weighted by atomic mass is 10.0. The molecule has 1 aromatic carbocycles. The van der Waals surface area contributed by atoms with E-state index in [1.165, 1.54) is 47.4 Å². The van der Waals surface area contributed by atoms with Gasteiger partial charge in [-0.15, -0.1) is 22.0 Å². The fraction of sp³-hybridized carbons (Fsp3) is 0.412. The van der Waals surface area contributed by atoms with Crippen LogP contribution in [0.15, 0.2) is 24.3 Å². The third kappa shape index (κ3) is 5.96. The highest BCUT2D eigenvalue weighted by atomic mass is 32.2. The van der Waals surface area contributed by atoms with Crippen molar-refractivity contribution < 1.29 is 14.0 Å². The number of hydrogen-bond acceptors (Lipinski definition) is 8. The van der Waals surface area contributed by atoms with Crippen molar-refractivity contribution >= 4 is 40.6 Å². The van der Waals surface area contributed by atoms with Crippen LogP contribution in [0.5, 0.6) is 0 Å². The fourth-order valence-corrected chi connectivity index (χ4v) is 4.18.